The molecule has 2 aliphatic rings. The first kappa shape index (κ1) is 15.4. The van der Waals surface area contributed by atoms with Crippen LogP contribution in [0.1, 0.15) is 34.8 Å². The quantitative estimate of drug-likeness (QED) is 0.692. The predicted octanol–water partition coefficient (Wildman–Crippen LogP) is 4.39. The third-order valence-electron chi connectivity index (χ3n) is 4.75. The van der Waals surface area contributed by atoms with E-state index in [1.165, 1.54) is 4.88 Å². The van der Waals surface area contributed by atoms with E-state index in [1.54, 1.807) is 24.6 Å². The Hall–Kier alpha value is -2.86. The Morgan fingerprint density at radius 3 is 2.88 bits per heavy atom. The highest BCUT2D eigenvalue weighted by molar-refractivity contribution is 7.12. The van der Waals surface area contributed by atoms with Crippen LogP contribution in [0, 0.1) is 0 Å². The molecule has 0 radical (unpaired) electrons. The summed E-state index contributed by atoms with van der Waals surface area (Å²) in [5, 5.41) is 9.04. The normalized spacial score (nSPS) is 20.8. The fourth-order valence-electron chi connectivity index (χ4n) is 3.55. The highest BCUT2D eigenvalue weighted by atomic mass is 32.1. The molecule has 0 saturated heterocycles. The van der Waals surface area contributed by atoms with Gasteiger partial charge < -0.3 is 9.47 Å². The van der Waals surface area contributed by atoms with Crippen LogP contribution >= 0.6 is 11.3 Å². The first-order valence-corrected chi connectivity index (χ1v) is 9.37. The zero-order valence-corrected chi connectivity index (χ0v) is 15.0. The summed E-state index contributed by atoms with van der Waals surface area (Å²) in [5.41, 5.74) is 3.03. The minimum atomic E-state index is -0.373. The van der Waals surface area contributed by atoms with E-state index in [4.69, 9.17) is 14.6 Å². The van der Waals surface area contributed by atoms with Crippen molar-refractivity contribution >= 4 is 17.0 Å². The summed E-state index contributed by atoms with van der Waals surface area (Å²) in [6, 6.07) is 16.2. The monoisotopic (exact) mass is 363 g/mol. The van der Waals surface area contributed by atoms with Crippen molar-refractivity contribution in [3.05, 3.63) is 76.2 Å². The standard InChI is InChI=1S/C20H17N3O2S/c1-24-17-8-4-6-13-16-12-15(18-9-5-11-26-18)22-23(16)20(25-19(13)17)14-7-2-3-10-21-14/h2-11,16,20H,12H2,1H3. The Morgan fingerprint density at radius 2 is 2.12 bits per heavy atom. The van der Waals surface area contributed by atoms with Gasteiger partial charge in [-0.1, -0.05) is 24.3 Å². The van der Waals surface area contributed by atoms with Crippen molar-refractivity contribution in [3.63, 3.8) is 0 Å². The van der Waals surface area contributed by atoms with Gasteiger partial charge in [-0.2, -0.15) is 5.10 Å². The van der Waals surface area contributed by atoms with Crippen molar-refractivity contribution in [3.8, 4) is 11.5 Å². The van der Waals surface area contributed by atoms with Crippen LogP contribution in [0.2, 0.25) is 0 Å². The summed E-state index contributed by atoms with van der Waals surface area (Å²) in [5.74, 6) is 1.53. The third kappa shape index (κ3) is 2.37. The average Bonchev–Trinajstić information content (AvgIpc) is 3.37. The smallest absolute Gasteiger partial charge is 0.230 e. The van der Waals surface area contributed by atoms with Crippen molar-refractivity contribution < 1.29 is 9.47 Å². The number of hydrogen-bond acceptors (Lipinski definition) is 6. The SMILES string of the molecule is COc1cccc2c1OC(c1ccccn1)N1N=C(c3cccs3)CC21. The molecule has 0 aliphatic carbocycles. The summed E-state index contributed by atoms with van der Waals surface area (Å²) in [4.78, 5) is 5.70. The lowest BCUT2D eigenvalue weighted by molar-refractivity contribution is -0.0236. The molecule has 4 heterocycles. The average molecular weight is 363 g/mol. The fraction of sp³-hybridized carbons (Fsp3) is 0.200. The number of methoxy groups -OCH3 is 1. The Kier molecular flexibility index (Phi) is 3.64. The van der Waals surface area contributed by atoms with Gasteiger partial charge in [-0.3, -0.25) is 4.98 Å². The number of hydrogen-bond donors (Lipinski definition) is 0. The molecule has 2 aromatic heterocycles. The van der Waals surface area contributed by atoms with Crippen molar-refractivity contribution in [2.75, 3.05) is 7.11 Å². The topological polar surface area (TPSA) is 47.0 Å². The van der Waals surface area contributed by atoms with E-state index in [9.17, 15) is 0 Å². The van der Waals surface area contributed by atoms with Gasteiger partial charge in [0, 0.05) is 18.2 Å². The first-order valence-electron chi connectivity index (χ1n) is 8.49. The van der Waals surface area contributed by atoms with Crippen LogP contribution < -0.4 is 9.47 Å². The summed E-state index contributed by atoms with van der Waals surface area (Å²) in [6.07, 6.45) is 2.25. The number of para-hydroxylation sites is 1. The second kappa shape index (κ2) is 6.14. The minimum Gasteiger partial charge on any atom is -0.493 e. The summed E-state index contributed by atoms with van der Waals surface area (Å²) < 4.78 is 11.9. The van der Waals surface area contributed by atoms with Gasteiger partial charge in [0.2, 0.25) is 6.23 Å². The molecular formula is C20H17N3O2S. The molecule has 2 aliphatic heterocycles. The molecule has 2 atom stereocenters. The Morgan fingerprint density at radius 1 is 1.15 bits per heavy atom. The number of rotatable bonds is 3. The van der Waals surface area contributed by atoms with Gasteiger partial charge in [0.15, 0.2) is 11.5 Å². The van der Waals surface area contributed by atoms with Crippen LogP contribution in [-0.2, 0) is 0 Å². The second-order valence-corrected chi connectivity index (χ2v) is 7.18. The maximum Gasteiger partial charge on any atom is 0.230 e. The molecule has 0 amide bonds. The summed E-state index contributed by atoms with van der Waals surface area (Å²) >= 11 is 1.71. The van der Waals surface area contributed by atoms with Crippen molar-refractivity contribution in [1.82, 2.24) is 9.99 Å². The van der Waals surface area contributed by atoms with E-state index in [0.717, 1.165) is 34.9 Å². The second-order valence-electron chi connectivity index (χ2n) is 6.23. The van der Waals surface area contributed by atoms with Crippen LogP contribution in [0.4, 0.5) is 0 Å². The molecule has 26 heavy (non-hydrogen) atoms. The van der Waals surface area contributed by atoms with Crippen LogP contribution in [0.25, 0.3) is 0 Å². The molecule has 130 valence electrons. The van der Waals surface area contributed by atoms with Crippen LogP contribution in [0.15, 0.2) is 65.2 Å². The molecule has 6 heteroatoms. The Bertz CT molecular complexity index is 956. The highest BCUT2D eigenvalue weighted by Crippen LogP contribution is 2.50. The number of thiophene rings is 1. The molecule has 5 rings (SSSR count). The molecule has 0 saturated carbocycles. The van der Waals surface area contributed by atoms with Gasteiger partial charge in [-0.25, -0.2) is 5.01 Å². The van der Waals surface area contributed by atoms with Gasteiger partial charge in [0.05, 0.1) is 23.7 Å². The third-order valence-corrected chi connectivity index (χ3v) is 5.67. The largest absolute Gasteiger partial charge is 0.493 e. The molecule has 0 spiro atoms. The van der Waals surface area contributed by atoms with Gasteiger partial charge in [-0.05, 0) is 29.6 Å². The van der Waals surface area contributed by atoms with E-state index in [2.05, 4.69) is 28.6 Å². The number of nitrogens with zero attached hydrogens (tertiary/aromatic N) is 3. The van der Waals surface area contributed by atoms with E-state index >= 15 is 0 Å². The molecular weight excluding hydrogens is 346 g/mol. The molecule has 5 nitrogen and oxygen atoms in total. The number of pyridine rings is 1. The summed E-state index contributed by atoms with van der Waals surface area (Å²) in [7, 11) is 1.67. The zero-order valence-electron chi connectivity index (χ0n) is 14.2. The molecule has 2 unspecified atom stereocenters. The number of hydrazone groups is 1. The predicted molar refractivity (Wildman–Crippen MR) is 101 cm³/mol. The number of ether oxygens (including phenoxy) is 2. The molecule has 3 aromatic rings. The van der Waals surface area contributed by atoms with Gasteiger partial charge in [0.25, 0.3) is 0 Å². The maximum atomic E-state index is 6.35. The van der Waals surface area contributed by atoms with Crippen molar-refractivity contribution in [1.29, 1.82) is 0 Å². The van der Waals surface area contributed by atoms with Crippen molar-refractivity contribution in [2.45, 2.75) is 18.7 Å². The van der Waals surface area contributed by atoms with Crippen molar-refractivity contribution in [2.24, 2.45) is 5.10 Å². The maximum absolute atomic E-state index is 6.35. The Labute approximate surface area is 155 Å². The Balaban J connectivity index is 1.64. The zero-order chi connectivity index (χ0) is 17.5. The lowest BCUT2D eigenvalue weighted by Gasteiger charge is -2.38. The van der Waals surface area contributed by atoms with E-state index in [0.29, 0.717) is 0 Å². The van der Waals surface area contributed by atoms with Crippen LogP contribution in [0.5, 0.6) is 11.5 Å². The fourth-order valence-corrected chi connectivity index (χ4v) is 4.27. The van der Waals surface area contributed by atoms with Gasteiger partial charge >= 0.3 is 0 Å². The molecule has 0 fully saturated rings. The van der Waals surface area contributed by atoms with Gasteiger partial charge in [-0.15, -0.1) is 11.3 Å². The molecule has 1 aromatic carbocycles. The molecule has 0 N–H and O–H groups in total. The minimum absolute atomic E-state index is 0.109. The lowest BCUT2D eigenvalue weighted by atomic mass is 9.98. The van der Waals surface area contributed by atoms with Crippen LogP contribution in [-0.4, -0.2) is 22.8 Å². The highest BCUT2D eigenvalue weighted by Gasteiger charge is 2.42. The van der Waals surface area contributed by atoms with Gasteiger partial charge in [0.1, 0.15) is 5.69 Å². The number of fused-ring (bicyclic) bond motifs is 3. The van der Waals surface area contributed by atoms with E-state index in [1.807, 2.05) is 35.3 Å². The van der Waals surface area contributed by atoms with E-state index in [-0.39, 0.29) is 12.3 Å². The first-order chi connectivity index (χ1) is 12.8. The number of benzene rings is 1. The number of aromatic nitrogens is 1. The van der Waals surface area contributed by atoms with Crippen LogP contribution in [0.3, 0.4) is 0 Å². The van der Waals surface area contributed by atoms with E-state index < -0.39 is 0 Å². The molecule has 0 bridgehead atoms. The lowest BCUT2D eigenvalue weighted by Crippen LogP contribution is -2.34. The summed E-state index contributed by atoms with van der Waals surface area (Å²) in [6.45, 7) is 0.